The van der Waals surface area contributed by atoms with Gasteiger partial charge in [0, 0.05) is 62.3 Å². The number of aromatic nitrogens is 3. The van der Waals surface area contributed by atoms with Gasteiger partial charge in [-0.2, -0.15) is 13.2 Å². The van der Waals surface area contributed by atoms with Gasteiger partial charge in [-0.05, 0) is 46.0 Å². The standard InChI is InChI=1S/C29H33F4N7O3/c1-16-13-40(14-17(2)38(16)4)25-11-22(30)19(23-5-6-34-28(37-23)39-7-8-43-18(3)15-39)9-24(25)36-27(42)20-12-35-26(41)10-21(20)29(31,32)33/h5-6,9-12,16-18H,7-8,13-15H2,1-4H3,(H,35,41)(H,36,42)/t16-,17+,18-/m0/s1. The van der Waals surface area contributed by atoms with Gasteiger partial charge in [-0.15, -0.1) is 0 Å². The van der Waals surface area contributed by atoms with Crippen molar-refractivity contribution in [3.63, 3.8) is 0 Å². The van der Waals surface area contributed by atoms with Crippen LogP contribution in [-0.4, -0.2) is 83.8 Å². The number of H-pyrrole nitrogens is 1. The normalized spacial score (nSPS) is 21.6. The van der Waals surface area contributed by atoms with Gasteiger partial charge in [0.2, 0.25) is 11.5 Å². The molecule has 2 aliphatic heterocycles. The van der Waals surface area contributed by atoms with Crippen LogP contribution in [0.25, 0.3) is 11.3 Å². The lowest BCUT2D eigenvalue weighted by molar-refractivity contribution is -0.138. The zero-order valence-corrected chi connectivity index (χ0v) is 24.2. The highest BCUT2D eigenvalue weighted by atomic mass is 19.4. The summed E-state index contributed by atoms with van der Waals surface area (Å²) in [5, 5.41) is 2.56. The fourth-order valence-electron chi connectivity index (χ4n) is 5.46. The third-order valence-corrected chi connectivity index (χ3v) is 7.95. The van der Waals surface area contributed by atoms with E-state index in [0.29, 0.717) is 50.5 Å². The number of carbonyl (C=O) groups is 1. The number of nitrogens with one attached hydrogen (secondary N) is 2. The number of morpholine rings is 1. The number of carbonyl (C=O) groups excluding carboxylic acids is 1. The molecule has 2 aromatic heterocycles. The number of piperazine rings is 1. The highest BCUT2D eigenvalue weighted by Gasteiger charge is 2.36. The monoisotopic (exact) mass is 603 g/mol. The quantitative estimate of drug-likeness (QED) is 0.422. The number of ether oxygens (including phenoxy) is 1. The van der Waals surface area contributed by atoms with Crippen molar-refractivity contribution in [2.45, 2.75) is 45.1 Å². The van der Waals surface area contributed by atoms with Gasteiger partial charge in [0.15, 0.2) is 0 Å². The Hall–Kier alpha value is -4.04. The summed E-state index contributed by atoms with van der Waals surface area (Å²) < 4.78 is 62.7. The Morgan fingerprint density at radius 2 is 1.81 bits per heavy atom. The predicted molar refractivity (Wildman–Crippen MR) is 154 cm³/mol. The topological polar surface area (TPSA) is 107 Å². The first-order valence-corrected chi connectivity index (χ1v) is 13.9. The summed E-state index contributed by atoms with van der Waals surface area (Å²) in [7, 11) is 1.98. The van der Waals surface area contributed by atoms with Crippen LogP contribution in [0, 0.1) is 5.82 Å². The molecule has 2 N–H and O–H groups in total. The van der Waals surface area contributed by atoms with Crippen LogP contribution >= 0.6 is 0 Å². The summed E-state index contributed by atoms with van der Waals surface area (Å²) in [5.74, 6) is -1.35. The van der Waals surface area contributed by atoms with Gasteiger partial charge in [-0.25, -0.2) is 14.4 Å². The summed E-state index contributed by atoms with van der Waals surface area (Å²) in [5.41, 5.74) is -2.45. The summed E-state index contributed by atoms with van der Waals surface area (Å²) >= 11 is 0. The van der Waals surface area contributed by atoms with E-state index in [2.05, 4.69) is 25.2 Å². The molecule has 0 saturated carbocycles. The van der Waals surface area contributed by atoms with E-state index >= 15 is 4.39 Å². The molecule has 4 heterocycles. The number of aromatic amines is 1. The van der Waals surface area contributed by atoms with Crippen LogP contribution in [-0.2, 0) is 10.9 Å². The SMILES string of the molecule is C[C@@H]1CN(c2cc(F)c(-c3ccnc(N4CCO[C@@H](C)C4)n3)cc2NC(=O)c2c[nH]c(=O)cc2C(F)(F)F)C[C@H](C)N1C. The van der Waals surface area contributed by atoms with Crippen molar-refractivity contribution in [1.29, 1.82) is 0 Å². The molecular formula is C29H33F4N7O3. The fourth-order valence-corrected chi connectivity index (χ4v) is 5.46. The molecule has 43 heavy (non-hydrogen) atoms. The van der Waals surface area contributed by atoms with Crippen molar-refractivity contribution in [2.75, 3.05) is 55.0 Å². The average Bonchev–Trinajstić information content (AvgIpc) is 2.96. The molecule has 3 aromatic rings. The van der Waals surface area contributed by atoms with Crippen LogP contribution in [0.1, 0.15) is 36.7 Å². The average molecular weight is 604 g/mol. The first-order valence-electron chi connectivity index (χ1n) is 13.9. The van der Waals surface area contributed by atoms with Crippen LogP contribution < -0.4 is 20.7 Å². The van der Waals surface area contributed by atoms with Crippen molar-refractivity contribution in [1.82, 2.24) is 19.9 Å². The molecule has 0 spiro atoms. The zero-order valence-electron chi connectivity index (χ0n) is 24.2. The van der Waals surface area contributed by atoms with Crippen LogP contribution in [0.15, 0.2) is 41.5 Å². The van der Waals surface area contributed by atoms with Crippen molar-refractivity contribution in [2.24, 2.45) is 0 Å². The minimum absolute atomic E-state index is 0.0387. The highest BCUT2D eigenvalue weighted by Crippen LogP contribution is 2.37. The molecule has 3 atom stereocenters. The number of pyridine rings is 1. The maximum atomic E-state index is 15.9. The fraction of sp³-hybridized carbons (Fsp3) is 0.448. The number of anilines is 3. The number of amides is 1. The van der Waals surface area contributed by atoms with Crippen LogP contribution in [0.2, 0.25) is 0 Å². The molecule has 2 aliphatic rings. The van der Waals surface area contributed by atoms with Crippen molar-refractivity contribution in [3.05, 3.63) is 64.0 Å². The Morgan fingerprint density at radius 1 is 1.09 bits per heavy atom. The molecule has 0 aliphatic carbocycles. The molecule has 0 unspecified atom stereocenters. The smallest absolute Gasteiger partial charge is 0.375 e. The number of alkyl halides is 3. The van der Waals surface area contributed by atoms with E-state index in [1.165, 1.54) is 24.4 Å². The number of halogens is 4. The minimum Gasteiger partial charge on any atom is -0.375 e. The maximum absolute atomic E-state index is 15.9. The van der Waals surface area contributed by atoms with Gasteiger partial charge < -0.3 is 24.8 Å². The molecule has 2 saturated heterocycles. The molecule has 5 rings (SSSR count). The van der Waals surface area contributed by atoms with Gasteiger partial charge in [-0.3, -0.25) is 14.5 Å². The maximum Gasteiger partial charge on any atom is 0.417 e. The molecular weight excluding hydrogens is 570 g/mol. The summed E-state index contributed by atoms with van der Waals surface area (Å²) in [4.78, 5) is 42.0. The van der Waals surface area contributed by atoms with Gasteiger partial charge >= 0.3 is 6.18 Å². The van der Waals surface area contributed by atoms with E-state index in [1.54, 1.807) is 0 Å². The van der Waals surface area contributed by atoms with E-state index in [-0.39, 0.29) is 35.1 Å². The molecule has 1 amide bonds. The minimum atomic E-state index is -4.95. The summed E-state index contributed by atoms with van der Waals surface area (Å²) in [6, 6.07) is 4.67. The van der Waals surface area contributed by atoms with Crippen molar-refractivity contribution >= 4 is 23.2 Å². The number of benzene rings is 1. The van der Waals surface area contributed by atoms with Crippen LogP contribution in [0.4, 0.5) is 34.9 Å². The molecule has 14 heteroatoms. The predicted octanol–water partition coefficient (Wildman–Crippen LogP) is 4.00. The summed E-state index contributed by atoms with van der Waals surface area (Å²) in [6.45, 7) is 8.51. The highest BCUT2D eigenvalue weighted by molar-refractivity contribution is 6.07. The van der Waals surface area contributed by atoms with Gasteiger partial charge in [0.1, 0.15) is 5.82 Å². The lowest BCUT2D eigenvalue weighted by Gasteiger charge is -2.44. The third-order valence-electron chi connectivity index (χ3n) is 7.95. The first kappa shape index (κ1) is 30.4. The largest absolute Gasteiger partial charge is 0.417 e. The van der Waals surface area contributed by atoms with Gasteiger partial charge in [0.05, 0.1) is 40.9 Å². The zero-order chi connectivity index (χ0) is 31.1. The lowest BCUT2D eigenvalue weighted by atomic mass is 10.0. The Labute approximate surface area is 245 Å². The number of likely N-dealkylation sites (N-methyl/N-ethyl adjacent to an activating group) is 1. The molecule has 10 nitrogen and oxygen atoms in total. The molecule has 230 valence electrons. The Kier molecular flexibility index (Phi) is 8.43. The first-order chi connectivity index (χ1) is 20.3. The van der Waals surface area contributed by atoms with Crippen molar-refractivity contribution < 1.29 is 27.1 Å². The third kappa shape index (κ3) is 6.49. The summed E-state index contributed by atoms with van der Waals surface area (Å²) in [6.07, 6.45) is -2.76. The lowest BCUT2D eigenvalue weighted by Crippen LogP contribution is -2.55. The molecule has 2 fully saturated rings. The van der Waals surface area contributed by atoms with E-state index in [9.17, 15) is 22.8 Å². The second kappa shape index (κ2) is 11.9. The number of nitrogens with zero attached hydrogens (tertiary/aromatic N) is 5. The van der Waals surface area contributed by atoms with Crippen LogP contribution in [0.3, 0.4) is 0 Å². The Bertz CT molecular complexity index is 1550. The Morgan fingerprint density at radius 3 is 2.49 bits per heavy atom. The van der Waals surface area contributed by atoms with E-state index < -0.39 is 34.6 Å². The molecule has 0 radical (unpaired) electrons. The second-order valence-electron chi connectivity index (χ2n) is 11.1. The second-order valence-corrected chi connectivity index (χ2v) is 11.1. The number of hydrogen-bond donors (Lipinski definition) is 2. The Balaban J connectivity index is 1.58. The van der Waals surface area contributed by atoms with Gasteiger partial charge in [-0.1, -0.05) is 0 Å². The van der Waals surface area contributed by atoms with Gasteiger partial charge in [0.25, 0.3) is 5.91 Å². The molecule has 1 aromatic carbocycles. The number of rotatable bonds is 5. The molecule has 0 bridgehead atoms. The van der Waals surface area contributed by atoms with Crippen molar-refractivity contribution in [3.8, 4) is 11.3 Å². The van der Waals surface area contributed by atoms with E-state index in [0.717, 1.165) is 6.20 Å². The van der Waals surface area contributed by atoms with E-state index in [4.69, 9.17) is 4.74 Å². The van der Waals surface area contributed by atoms with Crippen LogP contribution in [0.5, 0.6) is 0 Å². The number of hydrogen-bond acceptors (Lipinski definition) is 8. The van der Waals surface area contributed by atoms with E-state index in [1.807, 2.05) is 37.6 Å².